The number of aromatic nitrogens is 2. The first-order valence-corrected chi connectivity index (χ1v) is 7.35. The predicted octanol–water partition coefficient (Wildman–Crippen LogP) is 5.01. The summed E-state index contributed by atoms with van der Waals surface area (Å²) in [6.07, 6.45) is 4.06. The van der Waals surface area contributed by atoms with Crippen LogP contribution < -0.4 is 0 Å². The van der Waals surface area contributed by atoms with Crippen molar-refractivity contribution in [1.29, 1.82) is 0 Å². The minimum atomic E-state index is 0.454. The first kappa shape index (κ1) is 14.1. The minimum absolute atomic E-state index is 0.454. The summed E-state index contributed by atoms with van der Waals surface area (Å²) in [7, 11) is 0. The Hall–Kier alpha value is -1.31. The summed E-state index contributed by atoms with van der Waals surface area (Å²) in [6, 6.07) is 0. The van der Waals surface area contributed by atoms with Crippen LogP contribution in [0.2, 0.25) is 0 Å². The summed E-state index contributed by atoms with van der Waals surface area (Å²) in [5.74, 6) is 1.52. The molecule has 19 heavy (non-hydrogen) atoms. The van der Waals surface area contributed by atoms with E-state index in [9.17, 15) is 0 Å². The van der Waals surface area contributed by atoms with Crippen molar-refractivity contribution in [2.75, 3.05) is 0 Å². The molecule has 0 aromatic carbocycles. The lowest BCUT2D eigenvalue weighted by Crippen LogP contribution is -2.01. The second-order valence-corrected chi connectivity index (χ2v) is 6.42. The van der Waals surface area contributed by atoms with E-state index in [4.69, 9.17) is 0 Å². The summed E-state index contributed by atoms with van der Waals surface area (Å²) in [5, 5.41) is 0. The molecule has 0 saturated heterocycles. The fraction of sp³-hybridized carbons (Fsp3) is 0.588. The van der Waals surface area contributed by atoms with Crippen LogP contribution >= 0.6 is 0 Å². The van der Waals surface area contributed by atoms with Gasteiger partial charge in [0.05, 0.1) is 11.2 Å². The van der Waals surface area contributed by atoms with Gasteiger partial charge in [0.1, 0.15) is 0 Å². The van der Waals surface area contributed by atoms with Gasteiger partial charge in [-0.05, 0) is 35.8 Å². The van der Waals surface area contributed by atoms with Crippen LogP contribution in [0, 0.1) is 6.92 Å². The second-order valence-electron chi connectivity index (χ2n) is 6.42. The van der Waals surface area contributed by atoms with Crippen LogP contribution in [0.3, 0.4) is 0 Å². The van der Waals surface area contributed by atoms with Gasteiger partial charge in [0.25, 0.3) is 0 Å². The summed E-state index contributed by atoms with van der Waals surface area (Å²) in [6.45, 7) is 15.8. The molecule has 0 bridgehead atoms. The van der Waals surface area contributed by atoms with Gasteiger partial charge in [0.2, 0.25) is 0 Å². The van der Waals surface area contributed by atoms with Crippen molar-refractivity contribution in [2.24, 2.45) is 0 Å². The monoisotopic (exact) mass is 258 g/mol. The summed E-state index contributed by atoms with van der Waals surface area (Å²) in [5.41, 5.74) is 6.92. The van der Waals surface area contributed by atoms with Crippen molar-refractivity contribution in [2.45, 2.75) is 66.2 Å². The maximum absolute atomic E-state index is 4.64. The van der Waals surface area contributed by atoms with Crippen LogP contribution in [0.1, 0.15) is 81.8 Å². The summed E-state index contributed by atoms with van der Waals surface area (Å²) < 4.78 is 2.37. The average molecular weight is 258 g/mol. The molecule has 0 aliphatic heterocycles. The Morgan fingerprint density at radius 2 is 1.58 bits per heavy atom. The van der Waals surface area contributed by atoms with Crippen LogP contribution in [0.25, 0.3) is 5.52 Å². The number of hydrogen-bond acceptors (Lipinski definition) is 1. The zero-order chi connectivity index (χ0) is 14.3. The van der Waals surface area contributed by atoms with Gasteiger partial charge in [-0.1, -0.05) is 41.5 Å². The van der Waals surface area contributed by atoms with E-state index in [1.54, 1.807) is 0 Å². The molecule has 104 valence electrons. The van der Waals surface area contributed by atoms with Crippen molar-refractivity contribution >= 4 is 5.52 Å². The highest BCUT2D eigenvalue weighted by atomic mass is 14.9. The van der Waals surface area contributed by atoms with Gasteiger partial charge in [-0.3, -0.25) is 4.98 Å². The van der Waals surface area contributed by atoms with Crippen molar-refractivity contribution in [3.8, 4) is 0 Å². The Bertz CT molecular complexity index is 589. The van der Waals surface area contributed by atoms with E-state index in [1.807, 2.05) is 6.20 Å². The van der Waals surface area contributed by atoms with Gasteiger partial charge in [-0.25, -0.2) is 0 Å². The standard InChI is InChI=1S/C17H26N2/c1-10(2)14-13(7)16(12(5)6)19-9-8-18-15(11(3)4)17(14)19/h8-12H,1-7H3. The Kier molecular flexibility index (Phi) is 3.71. The predicted molar refractivity (Wildman–Crippen MR) is 82.2 cm³/mol. The normalized spacial score (nSPS) is 12.3. The Balaban J connectivity index is 2.94. The smallest absolute Gasteiger partial charge is 0.0709 e. The van der Waals surface area contributed by atoms with Crippen LogP contribution in [0.4, 0.5) is 0 Å². The van der Waals surface area contributed by atoms with Gasteiger partial charge in [0.15, 0.2) is 0 Å². The molecule has 2 heterocycles. The van der Waals surface area contributed by atoms with E-state index in [0.717, 1.165) is 0 Å². The first-order chi connectivity index (χ1) is 8.86. The van der Waals surface area contributed by atoms with Crippen molar-refractivity contribution in [3.05, 3.63) is 34.9 Å². The first-order valence-electron chi connectivity index (χ1n) is 7.35. The molecule has 0 unspecified atom stereocenters. The average Bonchev–Trinajstić information content (AvgIpc) is 2.59. The van der Waals surface area contributed by atoms with Crippen molar-refractivity contribution in [3.63, 3.8) is 0 Å². The minimum Gasteiger partial charge on any atom is -0.317 e. The van der Waals surface area contributed by atoms with Gasteiger partial charge in [-0.2, -0.15) is 0 Å². The molecule has 0 aliphatic rings. The molecule has 2 heteroatoms. The quantitative estimate of drug-likeness (QED) is 0.756. The molecule has 0 fully saturated rings. The van der Waals surface area contributed by atoms with E-state index in [2.05, 4.69) is 64.0 Å². The molecule has 2 aromatic heterocycles. The third-order valence-electron chi connectivity index (χ3n) is 3.89. The second kappa shape index (κ2) is 4.99. The Morgan fingerprint density at radius 1 is 0.947 bits per heavy atom. The maximum Gasteiger partial charge on any atom is 0.0709 e. The SMILES string of the molecule is Cc1c(C(C)C)c2c(C(C)C)nccn2c1C(C)C. The number of hydrogen-bond donors (Lipinski definition) is 0. The number of fused-ring (bicyclic) bond motifs is 1. The van der Waals surface area contributed by atoms with E-state index in [-0.39, 0.29) is 0 Å². The molecule has 2 rings (SSSR count). The van der Waals surface area contributed by atoms with Crippen LogP contribution in [-0.4, -0.2) is 9.38 Å². The molecule has 0 saturated carbocycles. The van der Waals surface area contributed by atoms with Crippen molar-refractivity contribution < 1.29 is 0 Å². The van der Waals surface area contributed by atoms with E-state index in [0.29, 0.717) is 17.8 Å². The van der Waals surface area contributed by atoms with E-state index < -0.39 is 0 Å². The molecule has 0 aliphatic carbocycles. The topological polar surface area (TPSA) is 17.3 Å². The molecule has 0 radical (unpaired) electrons. The van der Waals surface area contributed by atoms with Crippen molar-refractivity contribution in [1.82, 2.24) is 9.38 Å². The van der Waals surface area contributed by atoms with Crippen LogP contribution in [0.15, 0.2) is 12.4 Å². The fourth-order valence-electron chi connectivity index (χ4n) is 3.24. The summed E-state index contributed by atoms with van der Waals surface area (Å²) >= 11 is 0. The Morgan fingerprint density at radius 3 is 2.05 bits per heavy atom. The third-order valence-corrected chi connectivity index (χ3v) is 3.89. The fourth-order valence-corrected chi connectivity index (χ4v) is 3.24. The van der Waals surface area contributed by atoms with E-state index in [1.165, 1.54) is 28.0 Å². The van der Waals surface area contributed by atoms with Gasteiger partial charge >= 0.3 is 0 Å². The largest absolute Gasteiger partial charge is 0.317 e. The molecule has 0 spiro atoms. The summed E-state index contributed by atoms with van der Waals surface area (Å²) in [4.78, 5) is 4.64. The highest BCUT2D eigenvalue weighted by Gasteiger charge is 2.22. The van der Waals surface area contributed by atoms with Gasteiger partial charge in [-0.15, -0.1) is 0 Å². The Labute approximate surface area is 116 Å². The highest BCUT2D eigenvalue weighted by Crippen LogP contribution is 2.36. The third kappa shape index (κ3) is 2.18. The molecule has 0 atom stereocenters. The molecular formula is C17H26N2. The lowest BCUT2D eigenvalue weighted by Gasteiger charge is -2.12. The lowest BCUT2D eigenvalue weighted by atomic mass is 9.95. The molecule has 2 nitrogen and oxygen atoms in total. The van der Waals surface area contributed by atoms with Crippen LogP contribution in [-0.2, 0) is 0 Å². The van der Waals surface area contributed by atoms with Gasteiger partial charge < -0.3 is 4.40 Å². The lowest BCUT2D eigenvalue weighted by molar-refractivity contribution is 0.781. The molecule has 2 aromatic rings. The maximum atomic E-state index is 4.64. The van der Waals surface area contributed by atoms with Crippen LogP contribution in [0.5, 0.6) is 0 Å². The molecule has 0 amide bonds. The van der Waals surface area contributed by atoms with Gasteiger partial charge in [0, 0.05) is 18.1 Å². The zero-order valence-corrected chi connectivity index (χ0v) is 13.3. The molecular weight excluding hydrogens is 232 g/mol. The number of nitrogens with zero attached hydrogens (tertiary/aromatic N) is 2. The number of rotatable bonds is 3. The highest BCUT2D eigenvalue weighted by molar-refractivity contribution is 5.67. The van der Waals surface area contributed by atoms with E-state index >= 15 is 0 Å². The zero-order valence-electron chi connectivity index (χ0n) is 13.3. The molecule has 0 N–H and O–H groups in total.